The molecule has 2 rings (SSSR count). The van der Waals surface area contributed by atoms with Crippen LogP contribution in [0.25, 0.3) is 0 Å². The van der Waals surface area contributed by atoms with Gasteiger partial charge in [0, 0.05) is 18.8 Å². The average molecular weight is 227 g/mol. The Balaban J connectivity index is 1.96. The minimum Gasteiger partial charge on any atom is -0.365 e. The number of hydrogen-bond donors (Lipinski definition) is 2. The van der Waals surface area contributed by atoms with Crippen LogP contribution in [0, 0.1) is 0 Å². The van der Waals surface area contributed by atoms with Gasteiger partial charge in [0.25, 0.3) is 0 Å². The van der Waals surface area contributed by atoms with Crippen molar-refractivity contribution in [2.45, 2.75) is 12.5 Å². The van der Waals surface area contributed by atoms with Gasteiger partial charge >= 0.3 is 0 Å². The molecule has 0 saturated carbocycles. The molecule has 0 aliphatic carbocycles. The van der Waals surface area contributed by atoms with Gasteiger partial charge in [-0.05, 0) is 18.1 Å². The molecule has 82 valence electrons. The van der Waals surface area contributed by atoms with Gasteiger partial charge in [0.05, 0.1) is 6.26 Å². The maximum Gasteiger partial charge on any atom is 0.208 e. The summed E-state index contributed by atoms with van der Waals surface area (Å²) >= 11 is 0. The third-order valence-corrected chi connectivity index (χ3v) is 2.98. The molecular weight excluding hydrogens is 214 g/mol. The summed E-state index contributed by atoms with van der Waals surface area (Å²) < 4.78 is 24.3. The average Bonchev–Trinajstić information content (AvgIpc) is 2.56. The largest absolute Gasteiger partial charge is 0.365 e. The molecule has 0 radical (unpaired) electrons. The van der Waals surface area contributed by atoms with Crippen molar-refractivity contribution in [3.05, 3.63) is 23.9 Å². The van der Waals surface area contributed by atoms with Crippen LogP contribution in [-0.4, -0.2) is 32.2 Å². The van der Waals surface area contributed by atoms with Crippen LogP contribution in [0.15, 0.2) is 18.3 Å². The van der Waals surface area contributed by atoms with E-state index in [1.54, 1.807) is 6.20 Å². The van der Waals surface area contributed by atoms with Crippen molar-refractivity contribution in [1.82, 2.24) is 9.71 Å². The lowest BCUT2D eigenvalue weighted by Crippen LogP contribution is -2.34. The van der Waals surface area contributed by atoms with Crippen molar-refractivity contribution in [2.24, 2.45) is 0 Å². The normalized spacial score (nSPS) is 19.7. The molecule has 1 aromatic rings. The van der Waals surface area contributed by atoms with Crippen LogP contribution >= 0.6 is 0 Å². The minimum atomic E-state index is -3.11. The van der Waals surface area contributed by atoms with Crippen molar-refractivity contribution in [2.75, 3.05) is 18.1 Å². The van der Waals surface area contributed by atoms with Crippen LogP contribution < -0.4 is 10.0 Å². The number of hydrogen-bond acceptors (Lipinski definition) is 4. The fourth-order valence-corrected chi connectivity index (χ4v) is 2.12. The zero-order valence-electron chi connectivity index (χ0n) is 8.40. The van der Waals surface area contributed by atoms with Crippen LogP contribution in [0.5, 0.6) is 0 Å². The van der Waals surface area contributed by atoms with Gasteiger partial charge in [0.2, 0.25) is 10.0 Å². The molecule has 1 aromatic heterocycles. The molecule has 5 nitrogen and oxygen atoms in total. The highest BCUT2D eigenvalue weighted by atomic mass is 32.2. The maximum atomic E-state index is 10.9. The van der Waals surface area contributed by atoms with Gasteiger partial charge in [-0.2, -0.15) is 0 Å². The standard InChI is InChI=1S/C9H13N3O2S/c1-15(13,14)11-6-8-5-7-3-2-4-10-9(7)12-8/h2-4,8,11H,5-6H2,1H3,(H,10,12)/t8-/m0/s1. The number of anilines is 1. The number of rotatable bonds is 3. The summed E-state index contributed by atoms with van der Waals surface area (Å²) in [6.07, 6.45) is 3.69. The number of fused-ring (bicyclic) bond motifs is 1. The SMILES string of the molecule is CS(=O)(=O)NC[C@@H]1Cc2cccnc2N1. The van der Waals surface area contributed by atoms with Gasteiger partial charge in [-0.25, -0.2) is 18.1 Å². The Morgan fingerprint density at radius 3 is 3.13 bits per heavy atom. The van der Waals surface area contributed by atoms with Crippen molar-refractivity contribution in [3.8, 4) is 0 Å². The first-order valence-electron chi connectivity index (χ1n) is 4.70. The van der Waals surface area contributed by atoms with E-state index in [0.29, 0.717) is 6.54 Å². The zero-order valence-corrected chi connectivity index (χ0v) is 9.21. The van der Waals surface area contributed by atoms with E-state index in [4.69, 9.17) is 0 Å². The second kappa shape index (κ2) is 3.79. The first kappa shape index (κ1) is 10.4. The molecule has 0 spiro atoms. The van der Waals surface area contributed by atoms with E-state index in [1.807, 2.05) is 12.1 Å². The molecule has 6 heteroatoms. The molecule has 0 aromatic carbocycles. The third kappa shape index (κ3) is 2.66. The van der Waals surface area contributed by atoms with E-state index >= 15 is 0 Å². The van der Waals surface area contributed by atoms with E-state index in [1.165, 1.54) is 0 Å². The second-order valence-corrected chi connectivity index (χ2v) is 5.51. The minimum absolute atomic E-state index is 0.102. The summed E-state index contributed by atoms with van der Waals surface area (Å²) in [6.45, 7) is 0.398. The summed E-state index contributed by atoms with van der Waals surface area (Å²) in [6, 6.07) is 3.98. The molecule has 1 aliphatic heterocycles. The van der Waals surface area contributed by atoms with E-state index in [2.05, 4.69) is 15.0 Å². The highest BCUT2D eigenvalue weighted by Gasteiger charge is 2.21. The lowest BCUT2D eigenvalue weighted by Gasteiger charge is -2.10. The second-order valence-electron chi connectivity index (χ2n) is 3.68. The third-order valence-electron chi connectivity index (χ3n) is 2.29. The van der Waals surface area contributed by atoms with Crippen molar-refractivity contribution in [3.63, 3.8) is 0 Å². The molecule has 0 saturated heterocycles. The zero-order chi connectivity index (χ0) is 10.9. The van der Waals surface area contributed by atoms with Crippen molar-refractivity contribution < 1.29 is 8.42 Å². The van der Waals surface area contributed by atoms with Crippen molar-refractivity contribution in [1.29, 1.82) is 0 Å². The van der Waals surface area contributed by atoms with Crippen LogP contribution in [-0.2, 0) is 16.4 Å². The Morgan fingerprint density at radius 1 is 1.67 bits per heavy atom. The number of nitrogens with one attached hydrogen (secondary N) is 2. The van der Waals surface area contributed by atoms with E-state index in [-0.39, 0.29) is 6.04 Å². The first-order chi connectivity index (χ1) is 7.04. The van der Waals surface area contributed by atoms with Crippen LogP contribution in [0.3, 0.4) is 0 Å². The topological polar surface area (TPSA) is 71.1 Å². The van der Waals surface area contributed by atoms with Gasteiger partial charge in [-0.1, -0.05) is 6.07 Å². The highest BCUT2D eigenvalue weighted by molar-refractivity contribution is 7.88. The first-order valence-corrected chi connectivity index (χ1v) is 6.59. The summed E-state index contributed by atoms with van der Waals surface area (Å²) in [5.41, 5.74) is 1.14. The van der Waals surface area contributed by atoms with Gasteiger partial charge in [0.15, 0.2) is 0 Å². The van der Waals surface area contributed by atoms with E-state index in [9.17, 15) is 8.42 Å². The lowest BCUT2D eigenvalue weighted by atomic mass is 10.1. The van der Waals surface area contributed by atoms with Crippen molar-refractivity contribution >= 4 is 15.8 Å². The molecule has 0 amide bonds. The monoisotopic (exact) mass is 227 g/mol. The van der Waals surface area contributed by atoms with E-state index in [0.717, 1.165) is 24.1 Å². The van der Waals surface area contributed by atoms with Crippen LogP contribution in [0.4, 0.5) is 5.82 Å². The molecule has 2 heterocycles. The summed E-state index contributed by atoms with van der Waals surface area (Å²) in [4.78, 5) is 4.17. The Hall–Kier alpha value is -1.14. The molecular formula is C9H13N3O2S. The van der Waals surface area contributed by atoms with Gasteiger partial charge in [-0.15, -0.1) is 0 Å². The summed E-state index contributed by atoms with van der Waals surface area (Å²) in [5, 5.41) is 3.17. The number of pyridine rings is 1. The number of sulfonamides is 1. The van der Waals surface area contributed by atoms with Gasteiger partial charge < -0.3 is 5.32 Å². The van der Waals surface area contributed by atoms with Crippen LogP contribution in [0.1, 0.15) is 5.56 Å². The molecule has 0 bridgehead atoms. The number of nitrogens with zero attached hydrogens (tertiary/aromatic N) is 1. The Labute approximate surface area is 89.0 Å². The van der Waals surface area contributed by atoms with Crippen LogP contribution in [0.2, 0.25) is 0 Å². The summed E-state index contributed by atoms with van der Waals surface area (Å²) in [5.74, 6) is 0.859. The molecule has 2 N–H and O–H groups in total. The fraction of sp³-hybridized carbons (Fsp3) is 0.444. The molecule has 0 fully saturated rings. The van der Waals surface area contributed by atoms with Gasteiger partial charge in [-0.3, -0.25) is 0 Å². The molecule has 0 unspecified atom stereocenters. The Morgan fingerprint density at radius 2 is 2.47 bits per heavy atom. The predicted molar refractivity (Wildman–Crippen MR) is 58.2 cm³/mol. The van der Waals surface area contributed by atoms with Gasteiger partial charge in [0.1, 0.15) is 5.82 Å². The fourth-order valence-electron chi connectivity index (χ4n) is 1.62. The molecule has 1 aliphatic rings. The highest BCUT2D eigenvalue weighted by Crippen LogP contribution is 2.21. The maximum absolute atomic E-state index is 10.9. The molecule has 1 atom stereocenters. The summed E-state index contributed by atoms with van der Waals surface area (Å²) in [7, 11) is -3.11. The quantitative estimate of drug-likeness (QED) is 0.760. The predicted octanol–water partition coefficient (Wildman–Crippen LogP) is -0.0326. The molecule has 15 heavy (non-hydrogen) atoms. The smallest absolute Gasteiger partial charge is 0.208 e. The van der Waals surface area contributed by atoms with E-state index < -0.39 is 10.0 Å². The Bertz CT molecular complexity index is 433. The lowest BCUT2D eigenvalue weighted by molar-refractivity contribution is 0.581. The Kier molecular flexibility index (Phi) is 2.62. The number of aromatic nitrogens is 1.